The summed E-state index contributed by atoms with van der Waals surface area (Å²) in [6, 6.07) is 8.10. The van der Waals surface area contributed by atoms with Crippen LogP contribution in [0.4, 0.5) is 17.6 Å². The van der Waals surface area contributed by atoms with Crippen molar-refractivity contribution < 1.29 is 32.3 Å². The van der Waals surface area contributed by atoms with Crippen LogP contribution in [-0.4, -0.2) is 23.0 Å². The van der Waals surface area contributed by atoms with E-state index >= 15 is 0 Å². The minimum absolute atomic E-state index is 0.0794. The van der Waals surface area contributed by atoms with Crippen LogP contribution in [0.5, 0.6) is 0 Å². The first kappa shape index (κ1) is 19.4. The monoisotopic (exact) mass is 369 g/mol. The Morgan fingerprint density at radius 3 is 2.27 bits per heavy atom. The van der Waals surface area contributed by atoms with Crippen LogP contribution >= 0.6 is 0 Å². The molecule has 26 heavy (non-hydrogen) atoms. The number of amides is 1. The van der Waals surface area contributed by atoms with E-state index in [-0.39, 0.29) is 12.0 Å². The molecule has 2 aromatic carbocycles. The Kier molecular flexibility index (Phi) is 5.97. The Bertz CT molecular complexity index is 788. The second-order valence-corrected chi connectivity index (χ2v) is 5.66. The molecule has 0 aliphatic carbocycles. The minimum atomic E-state index is -4.53. The van der Waals surface area contributed by atoms with Crippen LogP contribution in [0.2, 0.25) is 0 Å². The van der Waals surface area contributed by atoms with Crippen LogP contribution in [0.15, 0.2) is 48.5 Å². The molecule has 2 N–H and O–H groups in total. The van der Waals surface area contributed by atoms with Gasteiger partial charge in [-0.25, -0.2) is 9.18 Å². The number of benzene rings is 2. The number of carbonyl (C=O) groups is 2. The van der Waals surface area contributed by atoms with Crippen LogP contribution in [0.3, 0.4) is 0 Å². The van der Waals surface area contributed by atoms with Gasteiger partial charge < -0.3 is 10.4 Å². The van der Waals surface area contributed by atoms with Gasteiger partial charge in [0.05, 0.1) is 12.0 Å². The van der Waals surface area contributed by atoms with Crippen LogP contribution in [0, 0.1) is 5.82 Å². The van der Waals surface area contributed by atoms with E-state index in [2.05, 4.69) is 5.32 Å². The van der Waals surface area contributed by atoms with Crippen molar-refractivity contribution in [1.29, 1.82) is 0 Å². The zero-order valence-electron chi connectivity index (χ0n) is 13.4. The Morgan fingerprint density at radius 1 is 1.04 bits per heavy atom. The van der Waals surface area contributed by atoms with E-state index in [4.69, 9.17) is 0 Å². The molecule has 0 aliphatic rings. The van der Waals surface area contributed by atoms with Gasteiger partial charge in [-0.05, 0) is 29.3 Å². The number of carbonyl (C=O) groups excluding carboxylic acids is 1. The van der Waals surface area contributed by atoms with Crippen LogP contribution in [-0.2, 0) is 28.6 Å². The number of carboxylic acid groups (broad SMARTS) is 1. The van der Waals surface area contributed by atoms with E-state index < -0.39 is 41.9 Å². The zero-order chi connectivity index (χ0) is 19.3. The minimum Gasteiger partial charge on any atom is -0.480 e. The molecule has 2 aromatic rings. The average molecular weight is 369 g/mol. The zero-order valence-corrected chi connectivity index (χ0v) is 13.4. The van der Waals surface area contributed by atoms with Gasteiger partial charge in [0.15, 0.2) is 0 Å². The van der Waals surface area contributed by atoms with E-state index in [9.17, 15) is 32.3 Å². The van der Waals surface area contributed by atoms with E-state index in [1.807, 2.05) is 0 Å². The van der Waals surface area contributed by atoms with Crippen molar-refractivity contribution in [2.75, 3.05) is 0 Å². The molecule has 0 unspecified atom stereocenters. The number of nitrogens with one attached hydrogen (secondary N) is 1. The highest BCUT2D eigenvalue weighted by Crippen LogP contribution is 2.29. The summed E-state index contributed by atoms with van der Waals surface area (Å²) in [5.41, 5.74) is -0.273. The predicted molar refractivity (Wildman–Crippen MR) is 84.8 cm³/mol. The summed E-state index contributed by atoms with van der Waals surface area (Å²) in [5, 5.41) is 11.5. The second-order valence-electron chi connectivity index (χ2n) is 5.66. The van der Waals surface area contributed by atoms with Crippen LogP contribution in [0.1, 0.15) is 16.7 Å². The summed E-state index contributed by atoms with van der Waals surface area (Å²) in [6.07, 6.45) is -5.00. The molecule has 4 nitrogen and oxygen atoms in total. The summed E-state index contributed by atoms with van der Waals surface area (Å²) in [4.78, 5) is 23.3. The number of hydrogen-bond donors (Lipinski definition) is 2. The number of alkyl halides is 3. The van der Waals surface area contributed by atoms with Gasteiger partial charge in [-0.1, -0.05) is 30.3 Å². The first-order valence-corrected chi connectivity index (χ1v) is 7.58. The Morgan fingerprint density at radius 2 is 1.69 bits per heavy atom. The quantitative estimate of drug-likeness (QED) is 0.769. The molecule has 0 saturated carbocycles. The maximum Gasteiger partial charge on any atom is 0.416 e. The van der Waals surface area contributed by atoms with Crippen molar-refractivity contribution >= 4 is 11.9 Å². The molecule has 0 bridgehead atoms. The Labute approximate surface area is 146 Å². The summed E-state index contributed by atoms with van der Waals surface area (Å²) in [5.74, 6) is -2.50. The molecule has 0 fully saturated rings. The van der Waals surface area contributed by atoms with E-state index in [0.29, 0.717) is 5.56 Å². The number of hydrogen-bond acceptors (Lipinski definition) is 2. The number of carboxylic acids is 1. The van der Waals surface area contributed by atoms with Gasteiger partial charge in [-0.2, -0.15) is 13.2 Å². The molecule has 0 saturated heterocycles. The van der Waals surface area contributed by atoms with E-state index in [1.165, 1.54) is 36.4 Å². The molecule has 2 rings (SSSR count). The summed E-state index contributed by atoms with van der Waals surface area (Å²) >= 11 is 0. The van der Waals surface area contributed by atoms with Crippen molar-refractivity contribution in [3.8, 4) is 0 Å². The molecule has 0 radical (unpaired) electrons. The molecule has 138 valence electrons. The van der Waals surface area contributed by atoms with Gasteiger partial charge >= 0.3 is 12.1 Å². The van der Waals surface area contributed by atoms with Gasteiger partial charge in [0.25, 0.3) is 0 Å². The molecule has 0 aliphatic heterocycles. The van der Waals surface area contributed by atoms with Gasteiger partial charge in [0.2, 0.25) is 5.91 Å². The third-order valence-corrected chi connectivity index (χ3v) is 3.61. The average Bonchev–Trinajstić information content (AvgIpc) is 2.55. The number of aliphatic carboxylic acids is 1. The van der Waals surface area contributed by atoms with Crippen LogP contribution < -0.4 is 5.32 Å². The van der Waals surface area contributed by atoms with Crippen molar-refractivity contribution in [1.82, 2.24) is 5.32 Å². The molecule has 1 atom stereocenters. The van der Waals surface area contributed by atoms with Gasteiger partial charge in [-0.3, -0.25) is 4.79 Å². The van der Waals surface area contributed by atoms with Crippen molar-refractivity contribution in [2.24, 2.45) is 0 Å². The molecular formula is C18H15F4NO3. The fourth-order valence-corrected chi connectivity index (χ4v) is 2.34. The van der Waals surface area contributed by atoms with Gasteiger partial charge in [-0.15, -0.1) is 0 Å². The third-order valence-electron chi connectivity index (χ3n) is 3.61. The van der Waals surface area contributed by atoms with Crippen molar-refractivity contribution in [3.05, 3.63) is 71.0 Å². The highest BCUT2D eigenvalue weighted by Gasteiger charge is 2.30. The maximum atomic E-state index is 12.9. The van der Waals surface area contributed by atoms with Crippen LogP contribution in [0.25, 0.3) is 0 Å². The van der Waals surface area contributed by atoms with E-state index in [1.54, 1.807) is 0 Å². The topological polar surface area (TPSA) is 66.4 Å². The highest BCUT2D eigenvalue weighted by molar-refractivity contribution is 5.85. The Balaban J connectivity index is 2.04. The number of rotatable bonds is 6. The lowest BCUT2D eigenvalue weighted by Gasteiger charge is -2.15. The third kappa shape index (κ3) is 5.58. The normalized spacial score (nSPS) is 12.5. The second kappa shape index (κ2) is 7.99. The SMILES string of the molecule is O=C(Cc1cccc(C(F)(F)F)c1)N[C@@H](Cc1ccc(F)cc1)C(=O)O. The summed E-state index contributed by atoms with van der Waals surface area (Å²) < 4.78 is 50.9. The largest absolute Gasteiger partial charge is 0.480 e. The van der Waals surface area contributed by atoms with E-state index in [0.717, 1.165) is 12.1 Å². The molecule has 1 amide bonds. The molecule has 0 heterocycles. The van der Waals surface area contributed by atoms with Gasteiger partial charge in [0, 0.05) is 6.42 Å². The first-order valence-electron chi connectivity index (χ1n) is 7.58. The lowest BCUT2D eigenvalue weighted by atomic mass is 10.0. The van der Waals surface area contributed by atoms with Gasteiger partial charge in [0.1, 0.15) is 11.9 Å². The summed E-state index contributed by atoms with van der Waals surface area (Å²) in [7, 11) is 0. The first-order chi connectivity index (χ1) is 12.1. The predicted octanol–water partition coefficient (Wildman–Crippen LogP) is 3.20. The lowest BCUT2D eigenvalue weighted by Crippen LogP contribution is -2.43. The Hall–Kier alpha value is -2.90. The molecule has 8 heteroatoms. The highest BCUT2D eigenvalue weighted by atomic mass is 19.4. The molecular weight excluding hydrogens is 354 g/mol. The molecule has 0 aromatic heterocycles. The lowest BCUT2D eigenvalue weighted by molar-refractivity contribution is -0.141. The maximum absolute atomic E-state index is 12.9. The smallest absolute Gasteiger partial charge is 0.416 e. The van der Waals surface area contributed by atoms with Crippen molar-refractivity contribution in [3.63, 3.8) is 0 Å². The number of halogens is 4. The molecule has 0 spiro atoms. The fraction of sp³-hybridized carbons (Fsp3) is 0.222. The summed E-state index contributed by atoms with van der Waals surface area (Å²) in [6.45, 7) is 0. The van der Waals surface area contributed by atoms with Crippen molar-refractivity contribution in [2.45, 2.75) is 25.1 Å². The standard InChI is InChI=1S/C18H15F4NO3/c19-14-6-4-11(5-7-14)9-15(17(25)26)23-16(24)10-12-2-1-3-13(8-12)18(20,21)22/h1-8,15H,9-10H2,(H,23,24)(H,25,26)/t15-/m0/s1. The fourth-order valence-electron chi connectivity index (χ4n) is 2.34.